The summed E-state index contributed by atoms with van der Waals surface area (Å²) in [6.07, 6.45) is 3.31. The lowest BCUT2D eigenvalue weighted by atomic mass is 10.1. The molecule has 2 nitrogen and oxygen atoms in total. The Morgan fingerprint density at radius 1 is 1.64 bits per heavy atom. The first-order chi connectivity index (χ1) is 5.22. The number of amides is 1. The van der Waals surface area contributed by atoms with Gasteiger partial charge in [0, 0.05) is 18.8 Å². The molecule has 0 aromatic carbocycles. The van der Waals surface area contributed by atoms with E-state index >= 15 is 0 Å². The molecule has 2 unspecified atom stereocenters. The summed E-state index contributed by atoms with van der Waals surface area (Å²) in [6, 6.07) is 0.385. The molecule has 64 valence electrons. The summed E-state index contributed by atoms with van der Waals surface area (Å²) in [4.78, 5) is 10.7. The van der Waals surface area contributed by atoms with Crippen molar-refractivity contribution >= 4 is 17.5 Å². The van der Waals surface area contributed by atoms with Crippen LogP contribution in [0.2, 0.25) is 0 Å². The second-order valence-corrected chi connectivity index (χ2v) is 3.54. The molecule has 11 heavy (non-hydrogen) atoms. The molecule has 0 bridgehead atoms. The van der Waals surface area contributed by atoms with Gasteiger partial charge in [0.05, 0.1) is 0 Å². The number of carbonyl (C=O) groups excluding carboxylic acids is 1. The first kappa shape index (κ1) is 8.85. The number of hydrogen-bond acceptors (Lipinski definition) is 1. The van der Waals surface area contributed by atoms with E-state index in [-0.39, 0.29) is 5.91 Å². The highest BCUT2D eigenvalue weighted by atomic mass is 35.5. The summed E-state index contributed by atoms with van der Waals surface area (Å²) in [5.41, 5.74) is 0. The Balaban J connectivity index is 2.24. The first-order valence-corrected chi connectivity index (χ1v) is 4.59. The molecule has 2 atom stereocenters. The summed E-state index contributed by atoms with van der Waals surface area (Å²) in [6.45, 7) is 1.56. The molecule has 1 amide bonds. The summed E-state index contributed by atoms with van der Waals surface area (Å²) >= 11 is 5.70. The maximum atomic E-state index is 10.7. The highest BCUT2D eigenvalue weighted by molar-refractivity contribution is 6.18. The SMILES string of the molecule is CC(=O)NC1CCC(CCl)C1. The Kier molecular flexibility index (Phi) is 3.18. The van der Waals surface area contributed by atoms with Crippen LogP contribution in [0.1, 0.15) is 26.2 Å². The maximum Gasteiger partial charge on any atom is 0.217 e. The molecule has 0 radical (unpaired) electrons. The van der Waals surface area contributed by atoms with Crippen molar-refractivity contribution in [1.82, 2.24) is 5.32 Å². The molecule has 0 aromatic rings. The predicted molar refractivity (Wildman–Crippen MR) is 45.7 cm³/mol. The molecule has 1 rings (SSSR count). The molecule has 0 aliphatic heterocycles. The van der Waals surface area contributed by atoms with Crippen molar-refractivity contribution in [3.05, 3.63) is 0 Å². The average molecular weight is 176 g/mol. The number of hydrogen-bond donors (Lipinski definition) is 1. The number of nitrogens with one attached hydrogen (secondary N) is 1. The second-order valence-electron chi connectivity index (χ2n) is 3.23. The minimum atomic E-state index is 0.0743. The van der Waals surface area contributed by atoms with Gasteiger partial charge in [0.1, 0.15) is 0 Å². The van der Waals surface area contributed by atoms with Gasteiger partial charge >= 0.3 is 0 Å². The largest absolute Gasteiger partial charge is 0.354 e. The third kappa shape index (κ3) is 2.70. The molecule has 1 saturated carbocycles. The Morgan fingerprint density at radius 3 is 2.82 bits per heavy atom. The molecule has 1 fully saturated rings. The van der Waals surface area contributed by atoms with Gasteiger partial charge in [0.2, 0.25) is 5.91 Å². The van der Waals surface area contributed by atoms with Gasteiger partial charge in [-0.15, -0.1) is 11.6 Å². The van der Waals surface area contributed by atoms with Crippen LogP contribution in [0.4, 0.5) is 0 Å². The molecule has 0 aromatic heterocycles. The fraction of sp³-hybridized carbons (Fsp3) is 0.875. The van der Waals surface area contributed by atoms with Crippen LogP contribution in [0.5, 0.6) is 0 Å². The van der Waals surface area contributed by atoms with Gasteiger partial charge in [0.15, 0.2) is 0 Å². The molecule has 0 saturated heterocycles. The molecular weight excluding hydrogens is 162 g/mol. The molecule has 0 heterocycles. The minimum Gasteiger partial charge on any atom is -0.354 e. The van der Waals surface area contributed by atoms with Gasteiger partial charge in [-0.3, -0.25) is 4.79 Å². The zero-order chi connectivity index (χ0) is 8.27. The van der Waals surface area contributed by atoms with Crippen LogP contribution >= 0.6 is 11.6 Å². The maximum absolute atomic E-state index is 10.7. The molecule has 1 aliphatic rings. The van der Waals surface area contributed by atoms with Crippen molar-refractivity contribution in [1.29, 1.82) is 0 Å². The van der Waals surface area contributed by atoms with E-state index in [1.54, 1.807) is 6.92 Å². The lowest BCUT2D eigenvalue weighted by Crippen LogP contribution is -2.30. The zero-order valence-corrected chi connectivity index (χ0v) is 7.53. The third-order valence-electron chi connectivity index (χ3n) is 2.17. The van der Waals surface area contributed by atoms with Crippen LogP contribution in [0.25, 0.3) is 0 Å². The smallest absolute Gasteiger partial charge is 0.217 e. The van der Waals surface area contributed by atoms with Crippen molar-refractivity contribution in [3.8, 4) is 0 Å². The Hall–Kier alpha value is -0.240. The first-order valence-electron chi connectivity index (χ1n) is 4.05. The standard InChI is InChI=1S/C8H14ClNO/c1-6(11)10-8-3-2-7(4-8)5-9/h7-8H,2-5H2,1H3,(H,10,11). The van der Waals surface area contributed by atoms with Crippen LogP contribution < -0.4 is 5.32 Å². The van der Waals surface area contributed by atoms with Crippen LogP contribution in [-0.4, -0.2) is 17.8 Å². The van der Waals surface area contributed by atoms with E-state index in [0.717, 1.165) is 25.1 Å². The number of alkyl halides is 1. The van der Waals surface area contributed by atoms with E-state index < -0.39 is 0 Å². The highest BCUT2D eigenvalue weighted by Crippen LogP contribution is 2.26. The number of carbonyl (C=O) groups is 1. The van der Waals surface area contributed by atoms with E-state index in [1.165, 1.54) is 0 Å². The Morgan fingerprint density at radius 2 is 2.36 bits per heavy atom. The lowest BCUT2D eigenvalue weighted by Gasteiger charge is -2.09. The zero-order valence-electron chi connectivity index (χ0n) is 6.77. The van der Waals surface area contributed by atoms with E-state index in [0.29, 0.717) is 12.0 Å². The molecule has 1 N–H and O–H groups in total. The van der Waals surface area contributed by atoms with Crippen LogP contribution in [0.15, 0.2) is 0 Å². The van der Waals surface area contributed by atoms with Crippen LogP contribution in [0.3, 0.4) is 0 Å². The van der Waals surface area contributed by atoms with E-state index in [9.17, 15) is 4.79 Å². The normalized spacial score (nSPS) is 30.4. The third-order valence-corrected chi connectivity index (χ3v) is 2.60. The van der Waals surface area contributed by atoms with Crippen molar-refractivity contribution < 1.29 is 4.79 Å². The number of halogens is 1. The number of rotatable bonds is 2. The second kappa shape index (κ2) is 3.96. The summed E-state index contributed by atoms with van der Waals surface area (Å²) in [7, 11) is 0. The summed E-state index contributed by atoms with van der Waals surface area (Å²) < 4.78 is 0. The monoisotopic (exact) mass is 175 g/mol. The molecule has 3 heteroatoms. The Bertz CT molecular complexity index is 149. The summed E-state index contributed by atoms with van der Waals surface area (Å²) in [5, 5.41) is 2.91. The highest BCUT2D eigenvalue weighted by Gasteiger charge is 2.23. The van der Waals surface area contributed by atoms with Crippen molar-refractivity contribution in [2.24, 2.45) is 5.92 Å². The van der Waals surface area contributed by atoms with Gasteiger partial charge in [0.25, 0.3) is 0 Å². The molecule has 1 aliphatic carbocycles. The van der Waals surface area contributed by atoms with Gasteiger partial charge in [-0.1, -0.05) is 0 Å². The fourth-order valence-corrected chi connectivity index (χ4v) is 1.91. The van der Waals surface area contributed by atoms with Crippen molar-refractivity contribution in [2.45, 2.75) is 32.2 Å². The lowest BCUT2D eigenvalue weighted by molar-refractivity contribution is -0.119. The van der Waals surface area contributed by atoms with Crippen molar-refractivity contribution in [2.75, 3.05) is 5.88 Å². The van der Waals surface area contributed by atoms with Crippen molar-refractivity contribution in [3.63, 3.8) is 0 Å². The van der Waals surface area contributed by atoms with Gasteiger partial charge in [-0.2, -0.15) is 0 Å². The molecular formula is C8H14ClNO. The van der Waals surface area contributed by atoms with E-state index in [2.05, 4.69) is 5.32 Å². The Labute approximate surface area is 72.3 Å². The minimum absolute atomic E-state index is 0.0743. The summed E-state index contributed by atoms with van der Waals surface area (Å²) in [5.74, 6) is 1.43. The van der Waals surface area contributed by atoms with E-state index in [4.69, 9.17) is 11.6 Å². The average Bonchev–Trinajstić information content (AvgIpc) is 2.34. The van der Waals surface area contributed by atoms with Gasteiger partial charge < -0.3 is 5.32 Å². The molecule has 0 spiro atoms. The van der Waals surface area contributed by atoms with Gasteiger partial charge in [-0.05, 0) is 25.2 Å². The van der Waals surface area contributed by atoms with E-state index in [1.807, 2.05) is 0 Å². The topological polar surface area (TPSA) is 29.1 Å². The van der Waals surface area contributed by atoms with Crippen LogP contribution in [0, 0.1) is 5.92 Å². The quantitative estimate of drug-likeness (QED) is 0.634. The van der Waals surface area contributed by atoms with Gasteiger partial charge in [-0.25, -0.2) is 0 Å². The fourth-order valence-electron chi connectivity index (χ4n) is 1.63. The van der Waals surface area contributed by atoms with Crippen LogP contribution in [-0.2, 0) is 4.79 Å². The predicted octanol–water partition coefficient (Wildman–Crippen LogP) is 1.53.